The molecule has 80 valence electrons. The number of fused-ring (bicyclic) bond motifs is 2. The second kappa shape index (κ2) is 3.27. The van der Waals surface area contributed by atoms with Crippen LogP contribution in [-0.2, 0) is 0 Å². The minimum atomic E-state index is 0.785. The van der Waals surface area contributed by atoms with Gasteiger partial charge >= 0.3 is 0 Å². The first-order valence-electron chi connectivity index (χ1n) is 5.30. The lowest BCUT2D eigenvalue weighted by molar-refractivity contribution is 0.357. The Labute approximate surface area is 94.4 Å². The van der Waals surface area contributed by atoms with Crippen LogP contribution in [0.4, 0.5) is 0 Å². The van der Waals surface area contributed by atoms with Gasteiger partial charge in [-0.15, -0.1) is 0 Å². The van der Waals surface area contributed by atoms with E-state index < -0.39 is 0 Å². The molecule has 2 nitrogen and oxygen atoms in total. The number of rotatable bonds is 0. The highest BCUT2D eigenvalue weighted by atomic mass is 16.6. The van der Waals surface area contributed by atoms with Gasteiger partial charge in [-0.1, -0.05) is 18.2 Å². The minimum Gasteiger partial charge on any atom is -0.449 e. The third-order valence-electron chi connectivity index (χ3n) is 2.71. The number of benzene rings is 2. The molecule has 0 atom stereocenters. The van der Waals surface area contributed by atoms with Crippen molar-refractivity contribution in [3.05, 3.63) is 47.5 Å². The van der Waals surface area contributed by atoms with Crippen LogP contribution in [-0.4, -0.2) is 0 Å². The molecule has 0 N–H and O–H groups in total. The van der Waals surface area contributed by atoms with E-state index in [4.69, 9.17) is 9.47 Å². The maximum Gasteiger partial charge on any atom is 0.173 e. The van der Waals surface area contributed by atoms with Crippen molar-refractivity contribution in [3.63, 3.8) is 0 Å². The summed E-state index contributed by atoms with van der Waals surface area (Å²) in [5.41, 5.74) is 2.25. The third kappa shape index (κ3) is 1.34. The summed E-state index contributed by atoms with van der Waals surface area (Å²) in [5, 5.41) is 0. The molecule has 1 heterocycles. The molecule has 2 aromatic rings. The van der Waals surface area contributed by atoms with E-state index in [0.29, 0.717) is 0 Å². The molecule has 0 spiro atoms. The Morgan fingerprint density at radius 1 is 0.812 bits per heavy atom. The smallest absolute Gasteiger partial charge is 0.173 e. The fourth-order valence-corrected chi connectivity index (χ4v) is 1.84. The summed E-state index contributed by atoms with van der Waals surface area (Å²) in [7, 11) is 0. The molecular weight excluding hydrogens is 200 g/mol. The molecule has 16 heavy (non-hydrogen) atoms. The van der Waals surface area contributed by atoms with Crippen LogP contribution >= 0.6 is 0 Å². The maximum absolute atomic E-state index is 5.84. The molecule has 0 fully saturated rings. The van der Waals surface area contributed by atoms with Gasteiger partial charge in [0.1, 0.15) is 0 Å². The Kier molecular flexibility index (Phi) is 1.90. The number of aryl methyl sites for hydroxylation is 2. The Bertz CT molecular complexity index is 559. The standard InChI is InChI=1S/C14H12O2/c1-9-6-7-11-13(8-9)15-12-5-3-4-10(2)14(12)16-11/h3-8H,1-2H3. The zero-order chi connectivity index (χ0) is 11.1. The summed E-state index contributed by atoms with van der Waals surface area (Å²) in [6.45, 7) is 4.05. The van der Waals surface area contributed by atoms with Crippen molar-refractivity contribution in [1.82, 2.24) is 0 Å². The number of ether oxygens (including phenoxy) is 2. The molecular formula is C14H12O2. The molecule has 0 amide bonds. The van der Waals surface area contributed by atoms with Gasteiger partial charge in [0, 0.05) is 0 Å². The van der Waals surface area contributed by atoms with Crippen LogP contribution < -0.4 is 9.47 Å². The molecule has 0 saturated heterocycles. The average molecular weight is 212 g/mol. The normalized spacial score (nSPS) is 12.1. The van der Waals surface area contributed by atoms with Gasteiger partial charge in [0.05, 0.1) is 0 Å². The van der Waals surface area contributed by atoms with Crippen LogP contribution in [0.3, 0.4) is 0 Å². The molecule has 2 aromatic carbocycles. The lowest BCUT2D eigenvalue weighted by Gasteiger charge is -2.22. The summed E-state index contributed by atoms with van der Waals surface area (Å²) in [6, 6.07) is 11.9. The summed E-state index contributed by atoms with van der Waals surface area (Å²) >= 11 is 0. The van der Waals surface area contributed by atoms with Crippen molar-refractivity contribution >= 4 is 0 Å². The molecule has 2 heteroatoms. The molecule has 0 aliphatic carbocycles. The Morgan fingerprint density at radius 3 is 2.56 bits per heavy atom. The first kappa shape index (κ1) is 9.28. The van der Waals surface area contributed by atoms with E-state index in [1.54, 1.807) is 0 Å². The van der Waals surface area contributed by atoms with E-state index in [1.165, 1.54) is 5.56 Å². The van der Waals surface area contributed by atoms with E-state index in [2.05, 4.69) is 0 Å². The molecule has 0 bridgehead atoms. The summed E-state index contributed by atoms with van der Waals surface area (Å²) in [5.74, 6) is 3.18. The molecule has 0 saturated carbocycles. The van der Waals surface area contributed by atoms with Crippen molar-refractivity contribution in [2.45, 2.75) is 13.8 Å². The zero-order valence-corrected chi connectivity index (χ0v) is 9.28. The van der Waals surface area contributed by atoms with E-state index in [9.17, 15) is 0 Å². The lowest BCUT2D eigenvalue weighted by Crippen LogP contribution is -2.00. The number of para-hydroxylation sites is 1. The van der Waals surface area contributed by atoms with Crippen molar-refractivity contribution in [3.8, 4) is 23.0 Å². The molecule has 0 aromatic heterocycles. The number of hydrogen-bond acceptors (Lipinski definition) is 2. The largest absolute Gasteiger partial charge is 0.449 e. The van der Waals surface area contributed by atoms with Crippen LogP contribution in [0.2, 0.25) is 0 Å². The highest BCUT2D eigenvalue weighted by Gasteiger charge is 2.19. The third-order valence-corrected chi connectivity index (χ3v) is 2.71. The quantitative estimate of drug-likeness (QED) is 0.556. The first-order valence-corrected chi connectivity index (χ1v) is 5.30. The molecule has 0 radical (unpaired) electrons. The Hall–Kier alpha value is -1.96. The average Bonchev–Trinajstić information content (AvgIpc) is 2.27. The van der Waals surface area contributed by atoms with Crippen LogP contribution in [0.1, 0.15) is 11.1 Å². The predicted molar refractivity (Wildman–Crippen MR) is 62.5 cm³/mol. The van der Waals surface area contributed by atoms with Gasteiger partial charge in [-0.2, -0.15) is 0 Å². The number of hydrogen-bond donors (Lipinski definition) is 0. The van der Waals surface area contributed by atoms with Gasteiger partial charge < -0.3 is 9.47 Å². The van der Waals surface area contributed by atoms with Gasteiger partial charge in [-0.25, -0.2) is 0 Å². The van der Waals surface area contributed by atoms with E-state index in [0.717, 1.165) is 28.6 Å². The highest BCUT2D eigenvalue weighted by molar-refractivity contribution is 5.57. The lowest BCUT2D eigenvalue weighted by atomic mass is 10.1. The summed E-state index contributed by atoms with van der Waals surface area (Å²) in [6.07, 6.45) is 0. The van der Waals surface area contributed by atoms with Crippen molar-refractivity contribution < 1.29 is 9.47 Å². The predicted octanol–water partition coefficient (Wildman–Crippen LogP) is 4.20. The fraction of sp³-hybridized carbons (Fsp3) is 0.143. The van der Waals surface area contributed by atoms with Crippen molar-refractivity contribution in [2.24, 2.45) is 0 Å². The second-order valence-corrected chi connectivity index (χ2v) is 4.06. The summed E-state index contributed by atoms with van der Waals surface area (Å²) in [4.78, 5) is 0. The van der Waals surface area contributed by atoms with Crippen LogP contribution in [0.5, 0.6) is 23.0 Å². The fourth-order valence-electron chi connectivity index (χ4n) is 1.84. The first-order chi connectivity index (χ1) is 7.74. The highest BCUT2D eigenvalue weighted by Crippen LogP contribution is 2.46. The molecule has 0 unspecified atom stereocenters. The molecule has 1 aliphatic heterocycles. The van der Waals surface area contributed by atoms with E-state index >= 15 is 0 Å². The Balaban J connectivity index is 2.13. The molecule has 3 rings (SSSR count). The van der Waals surface area contributed by atoms with Gasteiger partial charge in [-0.3, -0.25) is 0 Å². The second-order valence-electron chi connectivity index (χ2n) is 4.06. The topological polar surface area (TPSA) is 18.5 Å². The van der Waals surface area contributed by atoms with E-state index in [-0.39, 0.29) is 0 Å². The minimum absolute atomic E-state index is 0.785. The zero-order valence-electron chi connectivity index (χ0n) is 9.28. The van der Waals surface area contributed by atoms with Crippen LogP contribution in [0.15, 0.2) is 36.4 Å². The van der Waals surface area contributed by atoms with Crippen LogP contribution in [0.25, 0.3) is 0 Å². The van der Waals surface area contributed by atoms with Crippen molar-refractivity contribution in [2.75, 3.05) is 0 Å². The van der Waals surface area contributed by atoms with Gasteiger partial charge in [0.2, 0.25) is 0 Å². The monoisotopic (exact) mass is 212 g/mol. The maximum atomic E-state index is 5.84. The summed E-state index contributed by atoms with van der Waals surface area (Å²) < 4.78 is 11.7. The van der Waals surface area contributed by atoms with Crippen LogP contribution in [0, 0.1) is 13.8 Å². The van der Waals surface area contributed by atoms with Gasteiger partial charge in [0.15, 0.2) is 23.0 Å². The van der Waals surface area contributed by atoms with Gasteiger partial charge in [-0.05, 0) is 43.2 Å². The Morgan fingerprint density at radius 2 is 1.69 bits per heavy atom. The molecule has 1 aliphatic rings. The van der Waals surface area contributed by atoms with Crippen molar-refractivity contribution in [1.29, 1.82) is 0 Å². The van der Waals surface area contributed by atoms with E-state index in [1.807, 2.05) is 50.2 Å². The SMILES string of the molecule is Cc1ccc2c(c1)Oc1cccc(C)c1O2. The van der Waals surface area contributed by atoms with Gasteiger partial charge in [0.25, 0.3) is 0 Å².